The van der Waals surface area contributed by atoms with Crippen molar-refractivity contribution in [3.8, 4) is 0 Å². The second kappa shape index (κ2) is 7.10. The van der Waals surface area contributed by atoms with Crippen molar-refractivity contribution in [3.63, 3.8) is 0 Å². The Kier molecular flexibility index (Phi) is 5.67. The van der Waals surface area contributed by atoms with Gasteiger partial charge in [-0.1, -0.05) is 23.7 Å². The van der Waals surface area contributed by atoms with Crippen LogP contribution in [-0.2, 0) is 0 Å². The highest BCUT2D eigenvalue weighted by atomic mass is 35.5. The molecule has 1 aliphatic rings. The Labute approximate surface area is 134 Å². The van der Waals surface area contributed by atoms with E-state index in [0.29, 0.717) is 5.54 Å². The van der Waals surface area contributed by atoms with Gasteiger partial charge in [-0.15, -0.1) is 0 Å². The van der Waals surface area contributed by atoms with Gasteiger partial charge in [0.15, 0.2) is 0 Å². The number of nitrogens with zero attached hydrogens (tertiary/aromatic N) is 2. The maximum atomic E-state index is 6.29. The van der Waals surface area contributed by atoms with Crippen LogP contribution in [0.15, 0.2) is 24.3 Å². The molecule has 1 aliphatic carbocycles. The monoisotopic (exact) mass is 309 g/mol. The van der Waals surface area contributed by atoms with E-state index in [4.69, 9.17) is 17.3 Å². The number of hydrogen-bond acceptors (Lipinski definition) is 3. The van der Waals surface area contributed by atoms with Crippen LogP contribution in [-0.4, -0.2) is 49.6 Å². The summed E-state index contributed by atoms with van der Waals surface area (Å²) in [6, 6.07) is 7.95. The number of likely N-dealkylation sites (N-methyl/N-ethyl adjacent to an activating group) is 2. The first-order chi connectivity index (χ1) is 9.93. The summed E-state index contributed by atoms with van der Waals surface area (Å²) >= 11 is 6.03. The lowest BCUT2D eigenvalue weighted by Gasteiger charge is -2.49. The molecule has 1 aromatic carbocycles. The highest BCUT2D eigenvalue weighted by Gasteiger charge is 2.39. The molecule has 0 heterocycles. The summed E-state index contributed by atoms with van der Waals surface area (Å²) in [5.74, 6) is 0. The molecule has 0 bridgehead atoms. The molecule has 4 heteroatoms. The average molecular weight is 310 g/mol. The molecule has 3 nitrogen and oxygen atoms in total. The molecule has 1 saturated carbocycles. The predicted octanol–water partition coefficient (Wildman–Crippen LogP) is 3.15. The molecule has 0 aliphatic heterocycles. The van der Waals surface area contributed by atoms with Crippen LogP contribution in [0.4, 0.5) is 0 Å². The Hall–Kier alpha value is -0.610. The van der Waals surface area contributed by atoms with Crippen molar-refractivity contribution in [2.75, 3.05) is 34.2 Å². The lowest BCUT2D eigenvalue weighted by Crippen LogP contribution is -2.56. The SMILES string of the molecule is CN(CCC(N)c1cccc(Cl)c1)CC1(N(C)C)CCC1. The molecule has 2 rings (SSSR count). The fourth-order valence-corrected chi connectivity index (χ4v) is 3.38. The van der Waals surface area contributed by atoms with Gasteiger partial charge in [0.2, 0.25) is 0 Å². The van der Waals surface area contributed by atoms with Gasteiger partial charge < -0.3 is 15.5 Å². The molecule has 118 valence electrons. The van der Waals surface area contributed by atoms with Gasteiger partial charge in [0.05, 0.1) is 0 Å². The van der Waals surface area contributed by atoms with Gasteiger partial charge >= 0.3 is 0 Å². The van der Waals surface area contributed by atoms with E-state index in [1.165, 1.54) is 19.3 Å². The standard InChI is InChI=1S/C17H28ClN3/c1-20(2)17(9-5-10-17)13-21(3)11-8-16(19)14-6-4-7-15(18)12-14/h4,6-7,12,16H,5,8-11,13,19H2,1-3H3. The van der Waals surface area contributed by atoms with E-state index < -0.39 is 0 Å². The first kappa shape index (κ1) is 16.8. The lowest BCUT2D eigenvalue weighted by atomic mass is 9.75. The molecule has 1 aromatic rings. The van der Waals surface area contributed by atoms with Gasteiger partial charge in [0.25, 0.3) is 0 Å². The second-order valence-corrected chi connectivity index (χ2v) is 7.10. The van der Waals surface area contributed by atoms with Crippen LogP contribution in [0.25, 0.3) is 0 Å². The molecule has 0 spiro atoms. The number of nitrogens with two attached hydrogens (primary N) is 1. The molecular formula is C17H28ClN3. The van der Waals surface area contributed by atoms with E-state index in [9.17, 15) is 0 Å². The lowest BCUT2D eigenvalue weighted by molar-refractivity contribution is 0.0272. The summed E-state index contributed by atoms with van der Waals surface area (Å²) in [5, 5.41) is 0.761. The zero-order valence-electron chi connectivity index (χ0n) is 13.5. The van der Waals surface area contributed by atoms with Crippen molar-refractivity contribution in [2.45, 2.75) is 37.3 Å². The quantitative estimate of drug-likeness (QED) is 0.840. The Balaban J connectivity index is 1.82. The van der Waals surface area contributed by atoms with Crippen molar-refractivity contribution in [2.24, 2.45) is 5.73 Å². The van der Waals surface area contributed by atoms with Crippen LogP contribution in [0.2, 0.25) is 5.02 Å². The molecule has 1 atom stereocenters. The molecule has 1 unspecified atom stereocenters. The summed E-state index contributed by atoms with van der Waals surface area (Å²) in [5.41, 5.74) is 7.80. The van der Waals surface area contributed by atoms with E-state index in [1.54, 1.807) is 0 Å². The molecule has 1 fully saturated rings. The molecule has 0 aromatic heterocycles. The van der Waals surface area contributed by atoms with Crippen LogP contribution in [0.1, 0.15) is 37.3 Å². The van der Waals surface area contributed by atoms with E-state index in [1.807, 2.05) is 18.2 Å². The summed E-state index contributed by atoms with van der Waals surface area (Å²) < 4.78 is 0. The number of benzene rings is 1. The van der Waals surface area contributed by atoms with Gasteiger partial charge in [0.1, 0.15) is 0 Å². The Morgan fingerprint density at radius 2 is 2.00 bits per heavy atom. The topological polar surface area (TPSA) is 32.5 Å². The van der Waals surface area contributed by atoms with Crippen molar-refractivity contribution in [1.82, 2.24) is 9.80 Å². The molecular weight excluding hydrogens is 282 g/mol. The van der Waals surface area contributed by atoms with Gasteiger partial charge in [0, 0.05) is 23.1 Å². The number of hydrogen-bond donors (Lipinski definition) is 1. The van der Waals surface area contributed by atoms with Gasteiger partial charge in [-0.05, 0) is 71.1 Å². The fraction of sp³-hybridized carbons (Fsp3) is 0.647. The van der Waals surface area contributed by atoms with Crippen LogP contribution < -0.4 is 5.73 Å². The maximum absolute atomic E-state index is 6.29. The first-order valence-corrected chi connectivity index (χ1v) is 8.18. The fourth-order valence-electron chi connectivity index (χ4n) is 3.18. The average Bonchev–Trinajstić information content (AvgIpc) is 2.39. The molecule has 2 N–H and O–H groups in total. The van der Waals surface area contributed by atoms with Crippen LogP contribution >= 0.6 is 11.6 Å². The van der Waals surface area contributed by atoms with Crippen LogP contribution in [0, 0.1) is 0 Å². The minimum atomic E-state index is 0.0582. The first-order valence-electron chi connectivity index (χ1n) is 7.80. The number of rotatable bonds is 7. The third kappa shape index (κ3) is 4.19. The zero-order valence-corrected chi connectivity index (χ0v) is 14.2. The number of halogens is 1. The summed E-state index contributed by atoms with van der Waals surface area (Å²) in [7, 11) is 6.60. The largest absolute Gasteiger partial charge is 0.324 e. The van der Waals surface area contributed by atoms with Crippen molar-refractivity contribution < 1.29 is 0 Å². The van der Waals surface area contributed by atoms with Crippen LogP contribution in [0.3, 0.4) is 0 Å². The van der Waals surface area contributed by atoms with Crippen molar-refractivity contribution in [1.29, 1.82) is 0 Å². The van der Waals surface area contributed by atoms with E-state index in [-0.39, 0.29) is 6.04 Å². The predicted molar refractivity (Wildman–Crippen MR) is 90.8 cm³/mol. The van der Waals surface area contributed by atoms with Gasteiger partial charge in [-0.3, -0.25) is 0 Å². The highest BCUT2D eigenvalue weighted by molar-refractivity contribution is 6.30. The molecule has 21 heavy (non-hydrogen) atoms. The summed E-state index contributed by atoms with van der Waals surface area (Å²) in [4.78, 5) is 4.81. The minimum Gasteiger partial charge on any atom is -0.324 e. The minimum absolute atomic E-state index is 0.0582. The Morgan fingerprint density at radius 3 is 2.52 bits per heavy atom. The van der Waals surface area contributed by atoms with E-state index in [0.717, 1.165) is 30.1 Å². The maximum Gasteiger partial charge on any atom is 0.0409 e. The zero-order chi connectivity index (χ0) is 15.5. The van der Waals surface area contributed by atoms with Crippen molar-refractivity contribution >= 4 is 11.6 Å². The van der Waals surface area contributed by atoms with Crippen molar-refractivity contribution in [3.05, 3.63) is 34.9 Å². The second-order valence-electron chi connectivity index (χ2n) is 6.66. The van der Waals surface area contributed by atoms with Gasteiger partial charge in [-0.25, -0.2) is 0 Å². The van der Waals surface area contributed by atoms with E-state index in [2.05, 4.69) is 37.0 Å². The van der Waals surface area contributed by atoms with Gasteiger partial charge in [-0.2, -0.15) is 0 Å². The van der Waals surface area contributed by atoms with Crippen LogP contribution in [0.5, 0.6) is 0 Å². The third-order valence-electron chi connectivity index (χ3n) is 4.90. The summed E-state index contributed by atoms with van der Waals surface area (Å²) in [6.45, 7) is 2.14. The van der Waals surface area contributed by atoms with E-state index >= 15 is 0 Å². The molecule has 0 saturated heterocycles. The Morgan fingerprint density at radius 1 is 1.29 bits per heavy atom. The Bertz CT molecular complexity index is 457. The highest BCUT2D eigenvalue weighted by Crippen LogP contribution is 2.36. The summed E-state index contributed by atoms with van der Waals surface area (Å²) in [6.07, 6.45) is 4.93. The molecule has 0 radical (unpaired) electrons. The molecule has 0 amide bonds. The normalized spacial score (nSPS) is 18.8. The third-order valence-corrected chi connectivity index (χ3v) is 5.13. The smallest absolute Gasteiger partial charge is 0.0409 e.